The van der Waals surface area contributed by atoms with Crippen LogP contribution in [0.15, 0.2) is 22.8 Å². The molecule has 2 heteroatoms. The highest BCUT2D eigenvalue weighted by Crippen LogP contribution is 2.54. The van der Waals surface area contributed by atoms with E-state index >= 15 is 0 Å². The van der Waals surface area contributed by atoms with E-state index < -0.39 is 0 Å². The molecule has 0 amide bonds. The Morgan fingerprint density at radius 1 is 1.36 bits per heavy atom. The third kappa shape index (κ3) is 2.40. The van der Waals surface area contributed by atoms with Crippen molar-refractivity contribution in [2.75, 3.05) is 0 Å². The molecule has 22 heavy (non-hydrogen) atoms. The van der Waals surface area contributed by atoms with Gasteiger partial charge in [0.15, 0.2) is 0 Å². The monoisotopic (exact) mass is 302 g/mol. The van der Waals surface area contributed by atoms with E-state index in [1.807, 2.05) is 0 Å². The van der Waals surface area contributed by atoms with Gasteiger partial charge >= 0.3 is 0 Å². The van der Waals surface area contributed by atoms with Gasteiger partial charge in [0.25, 0.3) is 0 Å². The molecule has 3 aliphatic rings. The van der Waals surface area contributed by atoms with Gasteiger partial charge in [0.05, 0.1) is 6.10 Å². The molecule has 2 nitrogen and oxygen atoms in total. The Hall–Kier alpha value is -0.890. The van der Waals surface area contributed by atoms with Crippen LogP contribution in [0.2, 0.25) is 0 Å². The molecule has 0 aliphatic heterocycles. The number of aliphatic hydroxyl groups excluding tert-OH is 1. The normalized spacial score (nSPS) is 44.2. The number of rotatable bonds is 2. The van der Waals surface area contributed by atoms with E-state index in [-0.39, 0.29) is 23.4 Å². The first-order valence-electron chi connectivity index (χ1n) is 8.95. The third-order valence-electron chi connectivity index (χ3n) is 6.64. The second kappa shape index (κ2) is 5.63. The lowest BCUT2D eigenvalue weighted by molar-refractivity contribution is -0.110. The van der Waals surface area contributed by atoms with Crippen LogP contribution in [0.1, 0.15) is 59.8 Å². The topological polar surface area (TPSA) is 37.3 Å². The van der Waals surface area contributed by atoms with Crippen molar-refractivity contribution in [1.82, 2.24) is 0 Å². The molecule has 0 aromatic rings. The molecule has 2 unspecified atom stereocenters. The van der Waals surface area contributed by atoms with E-state index in [2.05, 4.69) is 33.8 Å². The van der Waals surface area contributed by atoms with Crippen molar-refractivity contribution >= 4 is 6.29 Å². The molecule has 3 aliphatic carbocycles. The van der Waals surface area contributed by atoms with Crippen LogP contribution in [0.3, 0.4) is 0 Å². The van der Waals surface area contributed by atoms with Gasteiger partial charge in [-0.1, -0.05) is 50.5 Å². The van der Waals surface area contributed by atoms with Crippen LogP contribution < -0.4 is 0 Å². The van der Waals surface area contributed by atoms with Gasteiger partial charge in [0.1, 0.15) is 6.29 Å². The lowest BCUT2D eigenvalue weighted by Gasteiger charge is -2.36. The Balaban J connectivity index is 2.12. The van der Waals surface area contributed by atoms with Gasteiger partial charge in [-0.25, -0.2) is 0 Å². The number of aliphatic hydroxyl groups is 1. The molecule has 122 valence electrons. The van der Waals surface area contributed by atoms with Crippen molar-refractivity contribution in [1.29, 1.82) is 0 Å². The van der Waals surface area contributed by atoms with E-state index in [1.54, 1.807) is 5.57 Å². The minimum Gasteiger partial charge on any atom is -0.392 e. The van der Waals surface area contributed by atoms with Crippen molar-refractivity contribution in [3.8, 4) is 0 Å². The van der Waals surface area contributed by atoms with E-state index in [9.17, 15) is 9.90 Å². The number of hydrogen-bond donors (Lipinski definition) is 1. The predicted molar refractivity (Wildman–Crippen MR) is 89.4 cm³/mol. The first-order chi connectivity index (χ1) is 10.4. The molecule has 1 N–H and O–H groups in total. The van der Waals surface area contributed by atoms with Crippen LogP contribution in [0.25, 0.3) is 0 Å². The van der Waals surface area contributed by atoms with Crippen LogP contribution in [-0.2, 0) is 4.79 Å². The fourth-order valence-electron chi connectivity index (χ4n) is 5.15. The summed E-state index contributed by atoms with van der Waals surface area (Å²) in [4.78, 5) is 11.5. The van der Waals surface area contributed by atoms with Crippen LogP contribution in [0.4, 0.5) is 0 Å². The Morgan fingerprint density at radius 2 is 2.09 bits per heavy atom. The second-order valence-electron chi connectivity index (χ2n) is 8.28. The molecular weight excluding hydrogens is 272 g/mol. The second-order valence-corrected chi connectivity index (χ2v) is 8.28. The van der Waals surface area contributed by atoms with E-state index in [0.717, 1.165) is 38.4 Å². The summed E-state index contributed by atoms with van der Waals surface area (Å²) in [6.07, 6.45) is 8.41. The van der Waals surface area contributed by atoms with Gasteiger partial charge in [0, 0.05) is 11.3 Å². The summed E-state index contributed by atoms with van der Waals surface area (Å²) in [6, 6.07) is 0. The molecular formula is C20H30O2. The highest BCUT2D eigenvalue weighted by atomic mass is 16.3. The molecule has 0 heterocycles. The van der Waals surface area contributed by atoms with Gasteiger partial charge in [-0.3, -0.25) is 0 Å². The Kier molecular flexibility index (Phi) is 4.09. The van der Waals surface area contributed by atoms with Gasteiger partial charge in [0.2, 0.25) is 0 Å². The summed E-state index contributed by atoms with van der Waals surface area (Å²) in [7, 11) is 0. The average Bonchev–Trinajstić information content (AvgIpc) is 2.99. The molecule has 1 fully saturated rings. The molecule has 0 spiro atoms. The predicted octanol–water partition coefficient (Wildman–Crippen LogP) is 4.29. The van der Waals surface area contributed by atoms with Crippen LogP contribution >= 0.6 is 0 Å². The summed E-state index contributed by atoms with van der Waals surface area (Å²) in [6.45, 7) is 9.03. The van der Waals surface area contributed by atoms with Crippen molar-refractivity contribution in [2.45, 2.75) is 65.9 Å². The standard InChI is InChI=1S/C20H30O2/c1-12(2)15-7-8-20(4)10-17-14(11-21)5-6-16(17)13(3)19(22)9-18(15)20/h10-14,16,19,22H,5-9H2,1-4H3/b17-10-/t13-,14?,16+,19?,20-/m1/s1. The lowest BCUT2D eigenvalue weighted by atomic mass is 9.70. The fraction of sp³-hybridized carbons (Fsp3) is 0.750. The number of aldehydes is 1. The van der Waals surface area contributed by atoms with E-state index in [0.29, 0.717) is 11.8 Å². The first kappa shape index (κ1) is 16.0. The summed E-state index contributed by atoms with van der Waals surface area (Å²) in [5, 5.41) is 10.8. The number of carbonyl (C=O) groups is 1. The lowest BCUT2D eigenvalue weighted by Crippen LogP contribution is -2.31. The van der Waals surface area contributed by atoms with Crippen molar-refractivity contribution in [2.24, 2.45) is 29.1 Å². The van der Waals surface area contributed by atoms with E-state index in [4.69, 9.17) is 0 Å². The smallest absolute Gasteiger partial charge is 0.127 e. The van der Waals surface area contributed by atoms with Gasteiger partial charge in [-0.2, -0.15) is 0 Å². The summed E-state index contributed by atoms with van der Waals surface area (Å²) in [5.74, 6) is 1.28. The summed E-state index contributed by atoms with van der Waals surface area (Å²) < 4.78 is 0. The zero-order chi connectivity index (χ0) is 16.1. The molecule has 5 atom stereocenters. The largest absolute Gasteiger partial charge is 0.392 e. The maximum Gasteiger partial charge on any atom is 0.127 e. The highest BCUT2D eigenvalue weighted by molar-refractivity contribution is 5.61. The van der Waals surface area contributed by atoms with Crippen LogP contribution in [-0.4, -0.2) is 17.5 Å². The molecule has 0 bridgehead atoms. The highest BCUT2D eigenvalue weighted by Gasteiger charge is 2.44. The minimum atomic E-state index is -0.278. The Morgan fingerprint density at radius 3 is 2.73 bits per heavy atom. The van der Waals surface area contributed by atoms with Gasteiger partial charge in [-0.05, 0) is 49.9 Å². The maximum atomic E-state index is 11.5. The van der Waals surface area contributed by atoms with Crippen LogP contribution in [0, 0.1) is 29.1 Å². The molecule has 3 rings (SSSR count). The Labute approximate surface area is 134 Å². The molecule has 1 saturated carbocycles. The zero-order valence-corrected chi connectivity index (χ0v) is 14.4. The zero-order valence-electron chi connectivity index (χ0n) is 14.4. The SMILES string of the molecule is CC(C)C1=C2CC(O)[C@H](C)[C@@H]3CCC(C=O)/C3=C/[C@@]2(C)CC1. The number of carbonyl (C=O) groups excluding carboxylic acids is 1. The molecule has 0 aromatic carbocycles. The molecule has 0 saturated heterocycles. The number of hydrogen-bond acceptors (Lipinski definition) is 2. The third-order valence-corrected chi connectivity index (χ3v) is 6.64. The van der Waals surface area contributed by atoms with Crippen molar-refractivity contribution < 1.29 is 9.90 Å². The van der Waals surface area contributed by atoms with Crippen molar-refractivity contribution in [3.05, 3.63) is 22.8 Å². The summed E-state index contributed by atoms with van der Waals surface area (Å²) in [5.41, 5.74) is 4.39. The quantitative estimate of drug-likeness (QED) is 0.610. The fourth-order valence-corrected chi connectivity index (χ4v) is 5.15. The minimum absolute atomic E-state index is 0.0555. The average molecular weight is 302 g/mol. The van der Waals surface area contributed by atoms with E-state index in [1.165, 1.54) is 11.1 Å². The summed E-state index contributed by atoms with van der Waals surface area (Å²) >= 11 is 0. The first-order valence-corrected chi connectivity index (χ1v) is 8.95. The molecule has 0 radical (unpaired) electrons. The van der Waals surface area contributed by atoms with Gasteiger partial charge < -0.3 is 9.90 Å². The maximum absolute atomic E-state index is 11.5. The van der Waals surface area contributed by atoms with Gasteiger partial charge in [-0.15, -0.1) is 0 Å². The number of allylic oxidation sites excluding steroid dienone is 3. The van der Waals surface area contributed by atoms with Crippen molar-refractivity contribution in [3.63, 3.8) is 0 Å². The van der Waals surface area contributed by atoms with Crippen LogP contribution in [0.5, 0.6) is 0 Å². The molecule has 0 aromatic heterocycles. The number of fused-ring (bicyclic) bond motifs is 2. The Bertz CT molecular complexity index is 528.